The van der Waals surface area contributed by atoms with Gasteiger partial charge in [0.25, 0.3) is 0 Å². The summed E-state index contributed by atoms with van der Waals surface area (Å²) in [5, 5.41) is 14.9. The standard InChI is InChI=1S/C24H37N3O7S/c1-7-33-19(29)12-13-25-21(30)20(16-8-10-17(28)11-9-16)27(15(2)3)22(31)18(14-35)26-23(32)34-24(4,5)6/h8-11,15,18,20,28,35H,7,12-14H2,1-6H3,(H,25,30)(H,26,32). The number of carbonyl (C=O) groups is 4. The summed E-state index contributed by atoms with van der Waals surface area (Å²) < 4.78 is 10.1. The van der Waals surface area contributed by atoms with E-state index in [9.17, 15) is 24.3 Å². The summed E-state index contributed by atoms with van der Waals surface area (Å²) in [6.45, 7) is 10.5. The second-order valence-corrected chi connectivity index (χ2v) is 9.43. The quantitative estimate of drug-likeness (QED) is 0.265. The number of benzene rings is 1. The molecular weight excluding hydrogens is 474 g/mol. The third-order valence-electron chi connectivity index (χ3n) is 4.65. The molecule has 3 N–H and O–H groups in total. The molecule has 0 aliphatic carbocycles. The van der Waals surface area contributed by atoms with Crippen molar-refractivity contribution >= 4 is 36.5 Å². The molecular formula is C24H37N3O7S. The Labute approximate surface area is 212 Å². The van der Waals surface area contributed by atoms with E-state index < -0.39 is 47.6 Å². The van der Waals surface area contributed by atoms with E-state index in [4.69, 9.17) is 9.47 Å². The van der Waals surface area contributed by atoms with Gasteiger partial charge < -0.3 is 30.1 Å². The van der Waals surface area contributed by atoms with Crippen molar-refractivity contribution in [2.24, 2.45) is 0 Å². The van der Waals surface area contributed by atoms with Crippen LogP contribution in [0.5, 0.6) is 5.75 Å². The van der Waals surface area contributed by atoms with Crippen molar-refractivity contribution < 1.29 is 33.8 Å². The Balaban J connectivity index is 3.24. The highest BCUT2D eigenvalue weighted by Crippen LogP contribution is 2.26. The Morgan fingerprint density at radius 3 is 2.20 bits per heavy atom. The Morgan fingerprint density at radius 2 is 1.71 bits per heavy atom. The smallest absolute Gasteiger partial charge is 0.408 e. The molecule has 3 amide bonds. The van der Waals surface area contributed by atoms with Crippen LogP contribution in [0.4, 0.5) is 4.79 Å². The number of rotatable bonds is 11. The lowest BCUT2D eigenvalue weighted by atomic mass is 10.0. The fourth-order valence-corrected chi connectivity index (χ4v) is 3.46. The molecule has 2 unspecified atom stereocenters. The molecule has 196 valence electrons. The van der Waals surface area contributed by atoms with E-state index in [0.29, 0.717) is 5.56 Å². The van der Waals surface area contributed by atoms with E-state index in [1.54, 1.807) is 41.5 Å². The van der Waals surface area contributed by atoms with Crippen LogP contribution in [0.15, 0.2) is 24.3 Å². The van der Waals surface area contributed by atoms with Crippen molar-refractivity contribution in [1.82, 2.24) is 15.5 Å². The van der Waals surface area contributed by atoms with E-state index in [1.165, 1.54) is 29.2 Å². The zero-order valence-corrected chi connectivity index (χ0v) is 22.1. The molecule has 2 atom stereocenters. The molecule has 0 spiro atoms. The van der Waals surface area contributed by atoms with Crippen molar-refractivity contribution in [2.45, 2.75) is 71.7 Å². The molecule has 0 saturated carbocycles. The molecule has 0 bridgehead atoms. The third-order valence-corrected chi connectivity index (χ3v) is 5.02. The summed E-state index contributed by atoms with van der Waals surface area (Å²) in [5.41, 5.74) is -0.326. The first-order chi connectivity index (χ1) is 16.3. The maximum absolute atomic E-state index is 13.6. The predicted octanol–water partition coefficient (Wildman–Crippen LogP) is 2.56. The Kier molecular flexibility index (Phi) is 11.9. The molecule has 0 saturated heterocycles. The molecule has 1 rings (SSSR count). The minimum atomic E-state index is -1.10. The molecule has 0 aliphatic heterocycles. The maximum Gasteiger partial charge on any atom is 0.408 e. The van der Waals surface area contributed by atoms with Gasteiger partial charge in [-0.1, -0.05) is 12.1 Å². The topological polar surface area (TPSA) is 134 Å². The number of nitrogens with zero attached hydrogens (tertiary/aromatic N) is 1. The minimum Gasteiger partial charge on any atom is -0.508 e. The van der Waals surface area contributed by atoms with E-state index >= 15 is 0 Å². The average molecular weight is 512 g/mol. The van der Waals surface area contributed by atoms with Crippen molar-refractivity contribution in [3.05, 3.63) is 29.8 Å². The van der Waals surface area contributed by atoms with Gasteiger partial charge in [0, 0.05) is 18.3 Å². The summed E-state index contributed by atoms with van der Waals surface area (Å²) in [5.74, 6) is -1.56. The van der Waals surface area contributed by atoms with Gasteiger partial charge in [-0.05, 0) is 59.2 Å². The number of hydrogen-bond donors (Lipinski definition) is 4. The molecule has 0 radical (unpaired) electrons. The highest BCUT2D eigenvalue weighted by molar-refractivity contribution is 7.80. The van der Waals surface area contributed by atoms with Crippen LogP contribution in [0, 0.1) is 0 Å². The Morgan fingerprint density at radius 1 is 1.11 bits per heavy atom. The monoisotopic (exact) mass is 511 g/mol. The molecule has 0 aliphatic rings. The SMILES string of the molecule is CCOC(=O)CCNC(=O)C(c1ccc(O)cc1)N(C(=O)C(CS)NC(=O)OC(C)(C)C)C(C)C. The van der Waals surface area contributed by atoms with Gasteiger partial charge in [-0.15, -0.1) is 0 Å². The maximum atomic E-state index is 13.6. The van der Waals surface area contributed by atoms with Gasteiger partial charge >= 0.3 is 12.1 Å². The number of phenols is 1. The van der Waals surface area contributed by atoms with Crippen molar-refractivity contribution in [2.75, 3.05) is 18.9 Å². The van der Waals surface area contributed by atoms with Gasteiger partial charge in [0.2, 0.25) is 11.8 Å². The number of esters is 1. The van der Waals surface area contributed by atoms with E-state index in [0.717, 1.165) is 0 Å². The van der Waals surface area contributed by atoms with Gasteiger partial charge in [0.15, 0.2) is 0 Å². The number of alkyl carbamates (subject to hydrolysis) is 1. The second kappa shape index (κ2) is 13.8. The zero-order valence-electron chi connectivity index (χ0n) is 21.2. The number of nitrogens with one attached hydrogen (secondary N) is 2. The number of carbonyl (C=O) groups excluding carboxylic acids is 4. The van der Waals surface area contributed by atoms with Crippen LogP contribution < -0.4 is 10.6 Å². The lowest BCUT2D eigenvalue weighted by Gasteiger charge is -2.37. The minimum absolute atomic E-state index is 0.00234. The first kappa shape index (κ1) is 30.1. The van der Waals surface area contributed by atoms with Gasteiger partial charge in [-0.3, -0.25) is 14.4 Å². The van der Waals surface area contributed by atoms with Crippen molar-refractivity contribution in [3.63, 3.8) is 0 Å². The van der Waals surface area contributed by atoms with Gasteiger partial charge in [0.1, 0.15) is 23.4 Å². The molecule has 10 nitrogen and oxygen atoms in total. The number of hydrogen-bond acceptors (Lipinski definition) is 8. The first-order valence-corrected chi connectivity index (χ1v) is 12.1. The van der Waals surface area contributed by atoms with Crippen LogP contribution >= 0.6 is 12.6 Å². The summed E-state index contributed by atoms with van der Waals surface area (Å²) in [6.07, 6.45) is -0.814. The number of aromatic hydroxyl groups is 1. The summed E-state index contributed by atoms with van der Waals surface area (Å²) in [6, 6.07) is 3.25. The number of ether oxygens (including phenoxy) is 2. The summed E-state index contributed by atoms with van der Waals surface area (Å²) >= 11 is 4.22. The Hall–Kier alpha value is -2.95. The number of amides is 3. The largest absolute Gasteiger partial charge is 0.508 e. The lowest BCUT2D eigenvalue weighted by molar-refractivity contribution is -0.145. The van der Waals surface area contributed by atoms with E-state index in [1.807, 2.05) is 0 Å². The molecule has 35 heavy (non-hydrogen) atoms. The fourth-order valence-electron chi connectivity index (χ4n) is 3.21. The van der Waals surface area contributed by atoms with Crippen LogP contribution in [0.25, 0.3) is 0 Å². The number of phenolic OH excluding ortho intramolecular Hbond substituents is 1. The van der Waals surface area contributed by atoms with E-state index in [2.05, 4.69) is 23.3 Å². The zero-order chi connectivity index (χ0) is 26.8. The van der Waals surface area contributed by atoms with Crippen LogP contribution in [-0.4, -0.2) is 70.5 Å². The fraction of sp³-hybridized carbons (Fsp3) is 0.583. The molecule has 0 fully saturated rings. The molecule has 0 heterocycles. The molecule has 0 aromatic heterocycles. The van der Waals surface area contributed by atoms with Crippen molar-refractivity contribution in [1.29, 1.82) is 0 Å². The second-order valence-electron chi connectivity index (χ2n) is 9.06. The highest BCUT2D eigenvalue weighted by Gasteiger charge is 2.37. The predicted molar refractivity (Wildman–Crippen MR) is 134 cm³/mol. The summed E-state index contributed by atoms with van der Waals surface area (Å²) in [7, 11) is 0. The first-order valence-electron chi connectivity index (χ1n) is 11.5. The molecule has 1 aromatic rings. The van der Waals surface area contributed by atoms with Crippen LogP contribution in [0.3, 0.4) is 0 Å². The van der Waals surface area contributed by atoms with E-state index in [-0.39, 0.29) is 31.1 Å². The lowest BCUT2D eigenvalue weighted by Crippen LogP contribution is -2.55. The average Bonchev–Trinajstić information content (AvgIpc) is 2.74. The normalized spacial score (nSPS) is 12.9. The Bertz CT molecular complexity index is 869. The van der Waals surface area contributed by atoms with Crippen molar-refractivity contribution in [3.8, 4) is 5.75 Å². The summed E-state index contributed by atoms with van der Waals surface area (Å²) in [4.78, 5) is 52.2. The van der Waals surface area contributed by atoms with Crippen LogP contribution in [0.1, 0.15) is 59.6 Å². The highest BCUT2D eigenvalue weighted by atomic mass is 32.1. The third kappa shape index (κ3) is 10.1. The van der Waals surface area contributed by atoms with Crippen LogP contribution in [0.2, 0.25) is 0 Å². The van der Waals surface area contributed by atoms with Gasteiger partial charge in [-0.2, -0.15) is 12.6 Å². The molecule has 1 aromatic carbocycles. The molecule has 11 heteroatoms. The van der Waals surface area contributed by atoms with Gasteiger partial charge in [0.05, 0.1) is 13.0 Å². The van der Waals surface area contributed by atoms with Gasteiger partial charge in [-0.25, -0.2) is 4.79 Å². The number of thiol groups is 1. The van der Waals surface area contributed by atoms with Crippen LogP contribution in [-0.2, 0) is 23.9 Å².